The minimum absolute atomic E-state index is 0.0617. The second-order valence-electron chi connectivity index (χ2n) is 4.16. The maximum atomic E-state index is 9.07. The predicted octanol–water partition coefficient (Wildman–Crippen LogP) is 1.75. The van der Waals surface area contributed by atoms with Gasteiger partial charge < -0.3 is 20.9 Å². The van der Waals surface area contributed by atoms with Gasteiger partial charge in [-0.3, -0.25) is 0 Å². The van der Waals surface area contributed by atoms with Crippen molar-refractivity contribution in [1.82, 2.24) is 0 Å². The van der Waals surface area contributed by atoms with Crippen molar-refractivity contribution in [3.05, 3.63) is 28.2 Å². The van der Waals surface area contributed by atoms with Gasteiger partial charge in [-0.2, -0.15) is 0 Å². The van der Waals surface area contributed by atoms with Gasteiger partial charge in [0.1, 0.15) is 0 Å². The van der Waals surface area contributed by atoms with Crippen molar-refractivity contribution < 1.29 is 10.3 Å². The highest BCUT2D eigenvalue weighted by atomic mass is 79.9. The minimum Gasteiger partial charge on any atom is -0.409 e. The summed E-state index contributed by atoms with van der Waals surface area (Å²) in [6.45, 7) is 4.77. The van der Waals surface area contributed by atoms with E-state index in [1.807, 2.05) is 12.1 Å². The average Bonchev–Trinajstić information content (AvgIpc) is 2.34. The van der Waals surface area contributed by atoms with Gasteiger partial charge in [0.15, 0.2) is 5.84 Å². The van der Waals surface area contributed by atoms with Crippen LogP contribution in [0.25, 0.3) is 0 Å². The van der Waals surface area contributed by atoms with Crippen molar-refractivity contribution in [2.24, 2.45) is 10.9 Å². The third-order valence-corrected chi connectivity index (χ3v) is 3.29. The van der Waals surface area contributed by atoms with Crippen LogP contribution in [0.3, 0.4) is 0 Å². The Labute approximate surface area is 115 Å². The first-order chi connectivity index (χ1) is 8.51. The Morgan fingerprint density at radius 1 is 1.50 bits per heavy atom. The quantitative estimate of drug-likeness (QED) is 0.334. The highest BCUT2D eigenvalue weighted by Gasteiger charge is 2.12. The average molecular weight is 316 g/mol. The fraction of sp³-hybridized carbons (Fsp3) is 0.417. The third kappa shape index (κ3) is 3.36. The highest BCUT2D eigenvalue weighted by molar-refractivity contribution is 9.10. The van der Waals surface area contributed by atoms with Crippen LogP contribution in [0, 0.1) is 0 Å². The van der Waals surface area contributed by atoms with Gasteiger partial charge >= 0.3 is 0 Å². The normalized spacial score (nSPS) is 11.9. The van der Waals surface area contributed by atoms with Crippen LogP contribution < -0.4 is 10.6 Å². The number of anilines is 1. The molecule has 1 aromatic rings. The molecule has 100 valence electrons. The fourth-order valence-electron chi connectivity index (χ4n) is 1.74. The van der Waals surface area contributed by atoms with Gasteiger partial charge in [0.05, 0.1) is 6.61 Å². The first kappa shape index (κ1) is 14.8. The van der Waals surface area contributed by atoms with Crippen molar-refractivity contribution in [1.29, 1.82) is 0 Å². The lowest BCUT2D eigenvalue weighted by Gasteiger charge is -2.28. The number of rotatable bonds is 5. The van der Waals surface area contributed by atoms with Crippen LogP contribution in [0.1, 0.15) is 19.4 Å². The van der Waals surface area contributed by atoms with Gasteiger partial charge in [0.2, 0.25) is 0 Å². The summed E-state index contributed by atoms with van der Waals surface area (Å²) in [6.07, 6.45) is 0. The van der Waals surface area contributed by atoms with E-state index in [0.29, 0.717) is 12.1 Å². The summed E-state index contributed by atoms with van der Waals surface area (Å²) < 4.78 is 0.749. The molecule has 5 nitrogen and oxygen atoms in total. The molecule has 0 amide bonds. The van der Waals surface area contributed by atoms with Gasteiger partial charge in [-0.1, -0.05) is 5.16 Å². The molecule has 0 unspecified atom stereocenters. The molecule has 0 aromatic heterocycles. The third-order valence-electron chi connectivity index (χ3n) is 2.63. The Kier molecular flexibility index (Phi) is 5.43. The molecule has 4 N–H and O–H groups in total. The van der Waals surface area contributed by atoms with E-state index in [2.05, 4.69) is 39.8 Å². The molecule has 0 aliphatic rings. The highest BCUT2D eigenvalue weighted by Crippen LogP contribution is 2.25. The van der Waals surface area contributed by atoms with Crippen molar-refractivity contribution in [3.63, 3.8) is 0 Å². The topological polar surface area (TPSA) is 82.1 Å². The molecule has 0 fully saturated rings. The van der Waals surface area contributed by atoms with Crippen molar-refractivity contribution >= 4 is 27.5 Å². The largest absolute Gasteiger partial charge is 0.409 e. The van der Waals surface area contributed by atoms with Gasteiger partial charge in [0.25, 0.3) is 0 Å². The predicted molar refractivity (Wildman–Crippen MR) is 76.2 cm³/mol. The molecule has 0 radical (unpaired) electrons. The zero-order valence-electron chi connectivity index (χ0n) is 10.5. The maximum Gasteiger partial charge on any atom is 0.171 e. The summed E-state index contributed by atoms with van der Waals surface area (Å²) in [6, 6.07) is 5.83. The minimum atomic E-state index is 0.0617. The summed E-state index contributed by atoms with van der Waals surface area (Å²) >= 11 is 3.40. The Morgan fingerprint density at radius 3 is 2.61 bits per heavy atom. The summed E-state index contributed by atoms with van der Waals surface area (Å²) in [5, 5.41) is 20.7. The van der Waals surface area contributed by atoms with Gasteiger partial charge in [-0.25, -0.2) is 0 Å². The molecule has 0 heterocycles. The van der Waals surface area contributed by atoms with Gasteiger partial charge in [-0.15, -0.1) is 0 Å². The molecule has 0 bridgehead atoms. The summed E-state index contributed by atoms with van der Waals surface area (Å²) in [7, 11) is 0. The first-order valence-corrected chi connectivity index (χ1v) is 6.45. The van der Waals surface area contributed by atoms with E-state index >= 15 is 0 Å². The number of nitrogens with two attached hydrogens (primary N) is 1. The van der Waals surface area contributed by atoms with Crippen molar-refractivity contribution in [3.8, 4) is 0 Å². The van der Waals surface area contributed by atoms with Gasteiger partial charge in [-0.05, 0) is 48.0 Å². The van der Waals surface area contributed by atoms with Crippen LogP contribution in [-0.2, 0) is 0 Å². The van der Waals surface area contributed by atoms with Crippen LogP contribution >= 0.6 is 15.9 Å². The number of aliphatic hydroxyl groups is 1. The Bertz CT molecular complexity index is 435. The lowest BCUT2D eigenvalue weighted by atomic mass is 10.1. The fourth-order valence-corrected chi connectivity index (χ4v) is 2.31. The summed E-state index contributed by atoms with van der Waals surface area (Å²) in [5.74, 6) is 0.0617. The maximum absolute atomic E-state index is 9.07. The molecule has 0 saturated carbocycles. The lowest BCUT2D eigenvalue weighted by Crippen LogP contribution is -2.33. The van der Waals surface area contributed by atoms with Crippen molar-refractivity contribution in [2.45, 2.75) is 19.9 Å². The molecule has 6 heteroatoms. The zero-order valence-corrected chi connectivity index (χ0v) is 12.1. The summed E-state index contributed by atoms with van der Waals surface area (Å²) in [5.41, 5.74) is 7.16. The van der Waals surface area contributed by atoms with E-state index in [4.69, 9.17) is 16.0 Å². The van der Waals surface area contributed by atoms with E-state index in [0.717, 1.165) is 10.2 Å². The molecule has 1 aromatic carbocycles. The van der Waals surface area contributed by atoms with Crippen LogP contribution in [0.2, 0.25) is 0 Å². The van der Waals surface area contributed by atoms with E-state index in [1.165, 1.54) is 0 Å². The number of benzene rings is 1. The van der Waals surface area contributed by atoms with E-state index in [9.17, 15) is 0 Å². The Morgan fingerprint density at radius 2 is 2.17 bits per heavy atom. The Hall–Kier alpha value is -1.27. The second-order valence-corrected chi connectivity index (χ2v) is 5.01. The molecule has 0 aliphatic carbocycles. The molecular formula is C12H18BrN3O2. The van der Waals surface area contributed by atoms with Gasteiger partial charge in [0, 0.05) is 28.3 Å². The van der Waals surface area contributed by atoms with Crippen LogP contribution in [0.4, 0.5) is 5.69 Å². The monoisotopic (exact) mass is 315 g/mol. The molecule has 0 spiro atoms. The number of oxime groups is 1. The molecule has 0 atom stereocenters. The first-order valence-electron chi connectivity index (χ1n) is 5.66. The van der Waals surface area contributed by atoms with E-state index in [1.54, 1.807) is 6.07 Å². The molecule has 0 aliphatic heterocycles. The number of amidine groups is 1. The Balaban J connectivity index is 3.09. The number of halogens is 1. The molecule has 18 heavy (non-hydrogen) atoms. The molecular weight excluding hydrogens is 298 g/mol. The number of aliphatic hydroxyl groups excluding tert-OH is 1. The van der Waals surface area contributed by atoms with Crippen LogP contribution in [0.5, 0.6) is 0 Å². The summed E-state index contributed by atoms with van der Waals surface area (Å²) in [4.78, 5) is 2.07. The van der Waals surface area contributed by atoms with Crippen molar-refractivity contribution in [2.75, 3.05) is 18.1 Å². The van der Waals surface area contributed by atoms with E-state index < -0.39 is 0 Å². The number of nitrogens with zero attached hydrogens (tertiary/aromatic N) is 2. The standard InChI is InChI=1S/C12H18BrN3O2/c1-8(2)16(5-6-17)9-3-4-10(11(13)7-9)12(14)15-18/h3-4,7-8,17-18H,5-6H2,1-2H3,(H2,14,15). The van der Waals surface area contributed by atoms with Crippen LogP contribution in [0.15, 0.2) is 27.8 Å². The van der Waals surface area contributed by atoms with Crippen LogP contribution in [-0.4, -0.2) is 35.3 Å². The number of hydrogen-bond acceptors (Lipinski definition) is 4. The molecule has 1 rings (SSSR count). The number of hydrogen-bond donors (Lipinski definition) is 3. The smallest absolute Gasteiger partial charge is 0.171 e. The molecule has 0 saturated heterocycles. The lowest BCUT2D eigenvalue weighted by molar-refractivity contribution is 0.299. The zero-order chi connectivity index (χ0) is 13.7. The van der Waals surface area contributed by atoms with E-state index in [-0.39, 0.29) is 18.5 Å². The second kappa shape index (κ2) is 6.61. The SMILES string of the molecule is CC(C)N(CCO)c1ccc(/C(N)=N/O)c(Br)c1.